The molecule has 0 radical (unpaired) electrons. The molecule has 0 aliphatic rings. The van der Waals surface area contributed by atoms with Crippen LogP contribution in [0.25, 0.3) is 0 Å². The molecule has 0 rings (SSSR count). The normalized spacial score (nSPS) is 11.0. The molecule has 0 unspecified atom stereocenters. The number of aliphatic hydroxyl groups is 3. The summed E-state index contributed by atoms with van der Waals surface area (Å²) in [6.45, 7) is -4.23. The fourth-order valence-electron chi connectivity index (χ4n) is 2.06. The van der Waals surface area contributed by atoms with Crippen molar-refractivity contribution in [3.63, 3.8) is 0 Å². The molecular weight excluding hydrogens is 442 g/mol. The zero-order valence-electron chi connectivity index (χ0n) is 17.1. The molecule has 9 N–H and O–H groups in total. The molecule has 0 aliphatic carbocycles. The second-order valence-electron chi connectivity index (χ2n) is 6.50. The number of rotatable bonds is 17. The van der Waals surface area contributed by atoms with E-state index in [1.54, 1.807) is 0 Å². The van der Waals surface area contributed by atoms with E-state index in [1.807, 2.05) is 0 Å². The summed E-state index contributed by atoms with van der Waals surface area (Å²) in [7, 11) is 0. The van der Waals surface area contributed by atoms with Gasteiger partial charge in [-0.15, -0.1) is 0 Å². The summed E-state index contributed by atoms with van der Waals surface area (Å²) < 4.78 is 0. The highest BCUT2D eigenvalue weighted by atomic mass is 16.4. The highest BCUT2D eigenvalue weighted by Gasteiger charge is 2.27. The molecule has 0 aromatic carbocycles. The second-order valence-corrected chi connectivity index (χ2v) is 6.50. The summed E-state index contributed by atoms with van der Waals surface area (Å²) in [4.78, 5) is 54.4. The number of carboxylic acids is 5. The molecule has 0 heterocycles. The van der Waals surface area contributed by atoms with Crippen LogP contribution in [0.15, 0.2) is 0 Å². The van der Waals surface area contributed by atoms with E-state index in [0.717, 1.165) is 9.80 Å². The van der Waals surface area contributed by atoms with E-state index in [9.17, 15) is 24.0 Å². The third-order valence-electron chi connectivity index (χ3n) is 3.69. The van der Waals surface area contributed by atoms with Gasteiger partial charge < -0.3 is 40.9 Å². The Balaban J connectivity index is 0. The maximum absolute atomic E-state index is 10.6. The van der Waals surface area contributed by atoms with E-state index in [2.05, 4.69) is 5.32 Å². The Kier molecular flexibility index (Phi) is 16.4. The minimum absolute atomic E-state index is 0.0703. The van der Waals surface area contributed by atoms with Crippen molar-refractivity contribution in [2.75, 3.05) is 65.6 Å². The SMILES string of the molecule is O=C(O)CN(CCN(CC(=O)O)CC(=O)O)CC(=O)O.O=C(O)CNC(CO)(CO)CO. The summed E-state index contributed by atoms with van der Waals surface area (Å²) in [5.41, 5.74) is -1.31. The Bertz CT molecular complexity index is 548. The number of hydrogen-bond acceptors (Lipinski definition) is 11. The van der Waals surface area contributed by atoms with Gasteiger partial charge in [0.2, 0.25) is 0 Å². The lowest BCUT2D eigenvalue weighted by Crippen LogP contribution is -2.56. The molecule has 0 bridgehead atoms. The maximum Gasteiger partial charge on any atom is 0.317 e. The molecular formula is C16H29N3O13. The molecule has 0 spiro atoms. The van der Waals surface area contributed by atoms with E-state index in [4.69, 9.17) is 40.9 Å². The van der Waals surface area contributed by atoms with Gasteiger partial charge >= 0.3 is 29.8 Å². The van der Waals surface area contributed by atoms with Gasteiger partial charge in [0, 0.05) is 13.1 Å². The highest BCUT2D eigenvalue weighted by molar-refractivity contribution is 5.73. The van der Waals surface area contributed by atoms with Crippen LogP contribution in [0.5, 0.6) is 0 Å². The number of aliphatic carboxylic acids is 5. The van der Waals surface area contributed by atoms with Crippen LogP contribution in [0, 0.1) is 0 Å². The minimum atomic E-state index is -1.31. The summed E-state index contributed by atoms with van der Waals surface area (Å²) >= 11 is 0. The van der Waals surface area contributed by atoms with E-state index in [-0.39, 0.29) is 13.1 Å². The number of carboxylic acid groups (broad SMARTS) is 5. The molecule has 16 nitrogen and oxygen atoms in total. The van der Waals surface area contributed by atoms with Gasteiger partial charge in [0.25, 0.3) is 0 Å². The van der Waals surface area contributed by atoms with Crippen molar-refractivity contribution in [1.82, 2.24) is 15.1 Å². The lowest BCUT2D eigenvalue weighted by Gasteiger charge is -2.27. The molecule has 0 aromatic rings. The largest absolute Gasteiger partial charge is 0.480 e. The summed E-state index contributed by atoms with van der Waals surface area (Å²) in [5, 5.41) is 71.2. The number of nitrogens with one attached hydrogen (secondary N) is 1. The zero-order chi connectivity index (χ0) is 25.3. The molecule has 0 amide bonds. The van der Waals surface area contributed by atoms with Crippen LogP contribution in [0.4, 0.5) is 0 Å². The van der Waals surface area contributed by atoms with Crippen molar-refractivity contribution < 1.29 is 64.8 Å². The van der Waals surface area contributed by atoms with E-state index in [1.165, 1.54) is 0 Å². The monoisotopic (exact) mass is 471 g/mol. The van der Waals surface area contributed by atoms with Crippen molar-refractivity contribution >= 4 is 29.8 Å². The predicted molar refractivity (Wildman–Crippen MR) is 103 cm³/mol. The van der Waals surface area contributed by atoms with Crippen molar-refractivity contribution in [2.45, 2.75) is 5.54 Å². The first-order chi connectivity index (χ1) is 14.8. The Hall–Kier alpha value is -2.89. The first kappa shape index (κ1) is 31.3. The number of hydrogen-bond donors (Lipinski definition) is 9. The van der Waals surface area contributed by atoms with E-state index < -0.39 is 87.9 Å². The second kappa shape index (κ2) is 16.8. The Morgan fingerprint density at radius 2 is 0.844 bits per heavy atom. The fraction of sp³-hybridized carbons (Fsp3) is 0.688. The fourth-order valence-corrected chi connectivity index (χ4v) is 2.06. The van der Waals surface area contributed by atoms with Crippen molar-refractivity contribution in [2.24, 2.45) is 0 Å². The Labute approximate surface area is 181 Å². The molecule has 0 fully saturated rings. The Morgan fingerprint density at radius 3 is 1.03 bits per heavy atom. The van der Waals surface area contributed by atoms with Gasteiger partial charge in [0.15, 0.2) is 0 Å². The van der Waals surface area contributed by atoms with Gasteiger partial charge in [-0.05, 0) is 0 Å². The first-order valence-corrected chi connectivity index (χ1v) is 8.92. The van der Waals surface area contributed by atoms with Crippen LogP contribution < -0.4 is 5.32 Å². The maximum atomic E-state index is 10.6. The van der Waals surface area contributed by atoms with Gasteiger partial charge in [0.1, 0.15) is 0 Å². The quantitative estimate of drug-likeness (QED) is 0.0964. The van der Waals surface area contributed by atoms with Gasteiger partial charge in [-0.3, -0.25) is 39.1 Å². The number of nitrogens with zero attached hydrogens (tertiary/aromatic N) is 2. The molecule has 0 atom stereocenters. The summed E-state index contributed by atoms with van der Waals surface area (Å²) in [5.74, 6) is -6.03. The molecule has 16 heteroatoms. The number of aliphatic hydroxyl groups excluding tert-OH is 3. The van der Waals surface area contributed by atoms with Crippen molar-refractivity contribution in [3.8, 4) is 0 Å². The minimum Gasteiger partial charge on any atom is -0.480 e. The highest BCUT2D eigenvalue weighted by Crippen LogP contribution is 2.00. The molecule has 0 saturated carbocycles. The lowest BCUT2D eigenvalue weighted by molar-refractivity contribution is -0.145. The van der Waals surface area contributed by atoms with E-state index >= 15 is 0 Å². The van der Waals surface area contributed by atoms with Gasteiger partial charge in [-0.25, -0.2) is 0 Å². The van der Waals surface area contributed by atoms with Crippen molar-refractivity contribution in [3.05, 3.63) is 0 Å². The molecule has 0 aromatic heterocycles. The van der Waals surface area contributed by atoms with Crippen LogP contribution in [0.3, 0.4) is 0 Å². The summed E-state index contributed by atoms with van der Waals surface area (Å²) in [6.07, 6.45) is 0. The zero-order valence-corrected chi connectivity index (χ0v) is 17.1. The molecule has 32 heavy (non-hydrogen) atoms. The van der Waals surface area contributed by atoms with Crippen LogP contribution in [-0.2, 0) is 24.0 Å². The molecule has 186 valence electrons. The molecule has 0 aliphatic heterocycles. The van der Waals surface area contributed by atoms with Gasteiger partial charge in [-0.2, -0.15) is 0 Å². The third-order valence-corrected chi connectivity index (χ3v) is 3.69. The van der Waals surface area contributed by atoms with Crippen LogP contribution in [0.1, 0.15) is 0 Å². The Morgan fingerprint density at radius 1 is 0.562 bits per heavy atom. The first-order valence-electron chi connectivity index (χ1n) is 8.92. The van der Waals surface area contributed by atoms with Crippen LogP contribution in [-0.4, -0.2) is 152 Å². The van der Waals surface area contributed by atoms with Gasteiger partial charge in [0.05, 0.1) is 58.1 Å². The average molecular weight is 471 g/mol. The third kappa shape index (κ3) is 16.9. The predicted octanol–water partition coefficient (Wildman–Crippen LogP) is -4.69. The summed E-state index contributed by atoms with van der Waals surface area (Å²) in [6, 6.07) is 0. The smallest absolute Gasteiger partial charge is 0.317 e. The average Bonchev–Trinajstić information content (AvgIpc) is 2.66. The standard InChI is InChI=1S/C10H16N2O8.C6H13NO5/c13-7(14)3-11(4-8(15)16)1-2-12(5-9(17)18)6-10(19)20;8-2-6(3-9,4-10)7-1-5(11)12/h1-6H2,(H,13,14)(H,15,16)(H,17,18)(H,19,20);7-10H,1-4H2,(H,11,12). The lowest BCUT2D eigenvalue weighted by atomic mass is 10.0. The van der Waals surface area contributed by atoms with E-state index in [0.29, 0.717) is 0 Å². The number of carbonyl (C=O) groups is 5. The van der Waals surface area contributed by atoms with Crippen LogP contribution in [0.2, 0.25) is 0 Å². The van der Waals surface area contributed by atoms with Gasteiger partial charge in [-0.1, -0.05) is 0 Å². The van der Waals surface area contributed by atoms with Crippen molar-refractivity contribution in [1.29, 1.82) is 0 Å². The van der Waals surface area contributed by atoms with Crippen LogP contribution >= 0.6 is 0 Å². The topological polar surface area (TPSA) is 266 Å². The molecule has 0 saturated heterocycles.